The molecular weight excluding hydrogens is 310 g/mol. The summed E-state index contributed by atoms with van der Waals surface area (Å²) >= 11 is 3.45. The van der Waals surface area contributed by atoms with Crippen LogP contribution in [0.15, 0.2) is 30.3 Å². The molecule has 1 rings (SSSR count). The van der Waals surface area contributed by atoms with Crippen LogP contribution in [-0.4, -0.2) is 38.2 Å². The first-order valence-electron chi connectivity index (χ1n) is 6.11. The lowest BCUT2D eigenvalue weighted by Gasteiger charge is -2.29. The maximum atomic E-state index is 11.9. The van der Waals surface area contributed by atoms with Gasteiger partial charge < -0.3 is 14.8 Å². The maximum Gasteiger partial charge on any atom is 0.246 e. The van der Waals surface area contributed by atoms with Crippen molar-refractivity contribution in [3.8, 4) is 0 Å². The highest BCUT2D eigenvalue weighted by atomic mass is 79.9. The molecule has 0 spiro atoms. The van der Waals surface area contributed by atoms with Crippen molar-refractivity contribution in [1.29, 1.82) is 0 Å². The van der Waals surface area contributed by atoms with E-state index in [1.165, 1.54) is 0 Å². The molecule has 0 aromatic heterocycles. The molecule has 1 atom stereocenters. The first-order chi connectivity index (χ1) is 9.12. The van der Waals surface area contributed by atoms with E-state index in [9.17, 15) is 4.79 Å². The van der Waals surface area contributed by atoms with E-state index < -0.39 is 5.54 Å². The Morgan fingerprint density at radius 3 is 2.58 bits per heavy atom. The van der Waals surface area contributed by atoms with Crippen LogP contribution in [-0.2, 0) is 19.8 Å². The number of alkyl halides is 1. The number of hydrogen-bond donors (Lipinski definition) is 1. The lowest BCUT2D eigenvalue weighted by atomic mass is 9.94. The molecule has 1 unspecified atom stereocenters. The molecule has 5 heteroatoms. The Labute approximate surface area is 122 Å². The summed E-state index contributed by atoms with van der Waals surface area (Å²) < 4.78 is 10.1. The SMILES string of the molecule is COCCOCC(=O)NC(C)(CBr)c1ccccc1. The van der Waals surface area contributed by atoms with Gasteiger partial charge in [0.1, 0.15) is 6.61 Å². The van der Waals surface area contributed by atoms with E-state index in [4.69, 9.17) is 9.47 Å². The summed E-state index contributed by atoms with van der Waals surface area (Å²) in [5, 5.41) is 3.62. The second-order valence-corrected chi connectivity index (χ2v) is 4.99. The average molecular weight is 330 g/mol. The Hall–Kier alpha value is -0.910. The van der Waals surface area contributed by atoms with Gasteiger partial charge in [-0.3, -0.25) is 4.79 Å². The number of methoxy groups -OCH3 is 1. The fraction of sp³-hybridized carbons (Fsp3) is 0.500. The lowest BCUT2D eigenvalue weighted by Crippen LogP contribution is -2.46. The number of carbonyl (C=O) groups is 1. The van der Waals surface area contributed by atoms with Crippen molar-refractivity contribution in [3.05, 3.63) is 35.9 Å². The van der Waals surface area contributed by atoms with E-state index in [-0.39, 0.29) is 12.5 Å². The fourth-order valence-corrected chi connectivity index (χ4v) is 2.10. The summed E-state index contributed by atoms with van der Waals surface area (Å²) in [6.07, 6.45) is 0. The molecule has 0 bridgehead atoms. The largest absolute Gasteiger partial charge is 0.382 e. The van der Waals surface area contributed by atoms with Crippen molar-refractivity contribution in [2.75, 3.05) is 32.3 Å². The van der Waals surface area contributed by atoms with Crippen molar-refractivity contribution < 1.29 is 14.3 Å². The quantitative estimate of drug-likeness (QED) is 0.586. The predicted octanol–water partition coefficient (Wildman–Crippen LogP) is 2.08. The molecule has 1 N–H and O–H groups in total. The standard InChI is InChI=1S/C14H20BrNO3/c1-14(11-15,12-6-4-3-5-7-12)16-13(17)10-19-9-8-18-2/h3-7H,8-11H2,1-2H3,(H,16,17). The zero-order valence-corrected chi connectivity index (χ0v) is 12.9. The predicted molar refractivity (Wildman–Crippen MR) is 78.4 cm³/mol. The minimum atomic E-state index is -0.442. The van der Waals surface area contributed by atoms with Gasteiger partial charge in [-0.05, 0) is 12.5 Å². The van der Waals surface area contributed by atoms with Gasteiger partial charge in [-0.2, -0.15) is 0 Å². The molecule has 0 aliphatic heterocycles. The van der Waals surface area contributed by atoms with Crippen LogP contribution in [0.25, 0.3) is 0 Å². The van der Waals surface area contributed by atoms with Crippen molar-refractivity contribution in [2.45, 2.75) is 12.5 Å². The molecule has 0 radical (unpaired) electrons. The van der Waals surface area contributed by atoms with E-state index in [2.05, 4.69) is 21.2 Å². The molecular formula is C14H20BrNO3. The second-order valence-electron chi connectivity index (χ2n) is 4.43. The Morgan fingerprint density at radius 2 is 2.00 bits per heavy atom. The summed E-state index contributed by atoms with van der Waals surface area (Å²) in [5.41, 5.74) is 0.611. The van der Waals surface area contributed by atoms with Crippen LogP contribution >= 0.6 is 15.9 Å². The van der Waals surface area contributed by atoms with E-state index in [0.717, 1.165) is 5.56 Å². The molecule has 106 valence electrons. The number of hydrogen-bond acceptors (Lipinski definition) is 3. The van der Waals surface area contributed by atoms with Crippen LogP contribution in [0.3, 0.4) is 0 Å². The highest BCUT2D eigenvalue weighted by Crippen LogP contribution is 2.22. The Balaban J connectivity index is 2.54. The van der Waals surface area contributed by atoms with Gasteiger partial charge in [-0.1, -0.05) is 46.3 Å². The van der Waals surface area contributed by atoms with Gasteiger partial charge >= 0.3 is 0 Å². The lowest BCUT2D eigenvalue weighted by molar-refractivity contribution is -0.127. The summed E-state index contributed by atoms with van der Waals surface area (Å²) in [6.45, 7) is 2.92. The molecule has 1 aromatic rings. The summed E-state index contributed by atoms with van der Waals surface area (Å²) in [7, 11) is 1.60. The van der Waals surface area contributed by atoms with Crippen LogP contribution in [0.4, 0.5) is 0 Å². The van der Waals surface area contributed by atoms with E-state index in [1.54, 1.807) is 7.11 Å². The maximum absolute atomic E-state index is 11.9. The van der Waals surface area contributed by atoms with E-state index >= 15 is 0 Å². The fourth-order valence-electron chi connectivity index (χ4n) is 1.64. The third kappa shape index (κ3) is 5.30. The van der Waals surface area contributed by atoms with Crippen LogP contribution in [0.5, 0.6) is 0 Å². The first-order valence-corrected chi connectivity index (χ1v) is 7.23. The molecule has 1 amide bonds. The van der Waals surface area contributed by atoms with Crippen LogP contribution in [0.2, 0.25) is 0 Å². The molecule has 0 saturated carbocycles. The number of rotatable bonds is 8. The Kier molecular flexibility index (Phi) is 7.05. The third-order valence-corrected chi connectivity index (χ3v) is 3.88. The Bertz CT molecular complexity index is 386. The van der Waals surface area contributed by atoms with Crippen molar-refractivity contribution in [3.63, 3.8) is 0 Å². The van der Waals surface area contributed by atoms with Gasteiger partial charge in [0.2, 0.25) is 5.91 Å². The number of benzene rings is 1. The van der Waals surface area contributed by atoms with E-state index in [0.29, 0.717) is 18.5 Å². The number of ether oxygens (including phenoxy) is 2. The number of halogens is 1. The molecule has 0 aliphatic rings. The van der Waals surface area contributed by atoms with Crippen molar-refractivity contribution in [2.24, 2.45) is 0 Å². The van der Waals surface area contributed by atoms with Gasteiger partial charge in [-0.15, -0.1) is 0 Å². The van der Waals surface area contributed by atoms with Crippen LogP contribution in [0.1, 0.15) is 12.5 Å². The zero-order valence-electron chi connectivity index (χ0n) is 11.3. The smallest absolute Gasteiger partial charge is 0.246 e. The van der Waals surface area contributed by atoms with Gasteiger partial charge in [0.05, 0.1) is 18.8 Å². The first kappa shape index (κ1) is 16.1. The van der Waals surface area contributed by atoms with Gasteiger partial charge in [0.15, 0.2) is 0 Å². The second kappa shape index (κ2) is 8.30. The monoisotopic (exact) mass is 329 g/mol. The molecule has 0 aliphatic carbocycles. The average Bonchev–Trinajstić information content (AvgIpc) is 2.44. The normalized spacial score (nSPS) is 13.8. The molecule has 1 aromatic carbocycles. The molecule has 0 fully saturated rings. The Morgan fingerprint density at radius 1 is 1.32 bits per heavy atom. The third-order valence-electron chi connectivity index (χ3n) is 2.76. The van der Waals surface area contributed by atoms with Crippen LogP contribution in [0, 0.1) is 0 Å². The highest BCUT2D eigenvalue weighted by molar-refractivity contribution is 9.09. The minimum absolute atomic E-state index is 0.0405. The van der Waals surface area contributed by atoms with Gasteiger partial charge in [0, 0.05) is 12.4 Å². The van der Waals surface area contributed by atoms with Crippen molar-refractivity contribution in [1.82, 2.24) is 5.32 Å². The zero-order chi connectivity index (χ0) is 14.1. The minimum Gasteiger partial charge on any atom is -0.382 e. The van der Waals surface area contributed by atoms with Crippen LogP contribution < -0.4 is 5.32 Å². The number of nitrogens with one attached hydrogen (secondary N) is 1. The number of carbonyl (C=O) groups excluding carboxylic acids is 1. The highest BCUT2D eigenvalue weighted by Gasteiger charge is 2.27. The summed E-state index contributed by atoms with van der Waals surface area (Å²) in [5.74, 6) is -0.137. The molecule has 0 heterocycles. The number of amides is 1. The van der Waals surface area contributed by atoms with Gasteiger partial charge in [-0.25, -0.2) is 0 Å². The van der Waals surface area contributed by atoms with Gasteiger partial charge in [0.25, 0.3) is 0 Å². The summed E-state index contributed by atoms with van der Waals surface area (Å²) in [6, 6.07) is 9.85. The topological polar surface area (TPSA) is 47.6 Å². The molecule has 19 heavy (non-hydrogen) atoms. The van der Waals surface area contributed by atoms with E-state index in [1.807, 2.05) is 37.3 Å². The summed E-state index contributed by atoms with van der Waals surface area (Å²) in [4.78, 5) is 11.9. The van der Waals surface area contributed by atoms with Crippen molar-refractivity contribution >= 4 is 21.8 Å². The molecule has 4 nitrogen and oxygen atoms in total. The molecule has 0 saturated heterocycles.